The highest BCUT2D eigenvalue weighted by Gasteiger charge is 2.16. The maximum Gasteiger partial charge on any atom is 0.237 e. The van der Waals surface area contributed by atoms with Gasteiger partial charge in [-0.3, -0.25) is 4.79 Å². The third-order valence-corrected chi connectivity index (χ3v) is 3.69. The highest BCUT2D eigenvalue weighted by molar-refractivity contribution is 8.00. The van der Waals surface area contributed by atoms with E-state index >= 15 is 0 Å². The summed E-state index contributed by atoms with van der Waals surface area (Å²) in [5.41, 5.74) is 0.456. The van der Waals surface area contributed by atoms with Gasteiger partial charge in [0.05, 0.1) is 5.25 Å². The Bertz CT molecular complexity index is 585. The number of nitrogens with one attached hydrogen (secondary N) is 1. The third-order valence-electron chi connectivity index (χ3n) is 2.52. The number of halogens is 1. The number of thioether (sulfide) groups is 1. The fourth-order valence-corrected chi connectivity index (χ4v) is 2.32. The number of carbonyl (C=O) groups excluding carboxylic acids is 1. The predicted octanol–water partition coefficient (Wildman–Crippen LogP) is 2.68. The van der Waals surface area contributed by atoms with Crippen molar-refractivity contribution in [3.63, 3.8) is 0 Å². The maximum absolute atomic E-state index is 13.0. The number of benzene rings is 1. The zero-order valence-corrected chi connectivity index (χ0v) is 11.4. The summed E-state index contributed by atoms with van der Waals surface area (Å²) in [5.74, 6) is -0.555. The van der Waals surface area contributed by atoms with E-state index in [1.165, 1.54) is 23.9 Å². The van der Waals surface area contributed by atoms with Gasteiger partial charge in [0.25, 0.3) is 0 Å². The zero-order chi connectivity index (χ0) is 13.8. The van der Waals surface area contributed by atoms with Crippen molar-refractivity contribution in [2.45, 2.75) is 17.3 Å². The molecule has 0 radical (unpaired) electrons. The van der Waals surface area contributed by atoms with Gasteiger partial charge in [-0.2, -0.15) is 0 Å². The summed E-state index contributed by atoms with van der Waals surface area (Å²) in [6, 6.07) is 5.83. The molecule has 0 aliphatic rings. The minimum atomic E-state index is -0.373. The molecule has 1 amide bonds. The topological polar surface area (TPSA) is 46.9 Å². The third kappa shape index (κ3) is 3.57. The molecule has 0 fully saturated rings. The summed E-state index contributed by atoms with van der Waals surface area (Å²) >= 11 is 1.35. The molecule has 2 aromatic rings. The molecule has 0 bridgehead atoms. The van der Waals surface area contributed by atoms with Gasteiger partial charge in [0.15, 0.2) is 5.16 Å². The van der Waals surface area contributed by atoms with Crippen LogP contribution in [0.5, 0.6) is 0 Å². The molecule has 2 rings (SSSR count). The van der Waals surface area contributed by atoms with Crippen LogP contribution >= 0.6 is 11.8 Å². The molecule has 19 heavy (non-hydrogen) atoms. The number of hydrogen-bond donors (Lipinski definition) is 1. The van der Waals surface area contributed by atoms with E-state index in [1.54, 1.807) is 25.3 Å². The number of imidazole rings is 1. The Balaban J connectivity index is 1.98. The highest BCUT2D eigenvalue weighted by Crippen LogP contribution is 2.22. The number of anilines is 1. The van der Waals surface area contributed by atoms with Crippen LogP contribution in [-0.2, 0) is 11.8 Å². The molecule has 100 valence electrons. The number of aryl methyl sites for hydroxylation is 1. The van der Waals surface area contributed by atoms with Gasteiger partial charge < -0.3 is 9.88 Å². The first-order valence-electron chi connectivity index (χ1n) is 5.76. The molecule has 0 saturated carbocycles. The number of nitrogens with zero attached hydrogens (tertiary/aromatic N) is 2. The van der Waals surface area contributed by atoms with Crippen molar-refractivity contribution in [2.24, 2.45) is 7.05 Å². The Kier molecular flexibility index (Phi) is 4.21. The lowest BCUT2D eigenvalue weighted by molar-refractivity contribution is -0.115. The van der Waals surface area contributed by atoms with Gasteiger partial charge in [-0.15, -0.1) is 0 Å². The van der Waals surface area contributed by atoms with Crippen LogP contribution in [0.25, 0.3) is 0 Å². The van der Waals surface area contributed by atoms with Crippen molar-refractivity contribution in [2.75, 3.05) is 5.32 Å². The van der Waals surface area contributed by atoms with E-state index < -0.39 is 0 Å². The van der Waals surface area contributed by atoms with E-state index in [0.717, 1.165) is 5.16 Å². The zero-order valence-electron chi connectivity index (χ0n) is 10.6. The van der Waals surface area contributed by atoms with Gasteiger partial charge in [-0.1, -0.05) is 17.8 Å². The highest BCUT2D eigenvalue weighted by atomic mass is 32.2. The van der Waals surface area contributed by atoms with Crippen LogP contribution in [0.15, 0.2) is 41.8 Å². The number of amides is 1. The average molecular weight is 279 g/mol. The van der Waals surface area contributed by atoms with Gasteiger partial charge in [0.2, 0.25) is 5.91 Å². The van der Waals surface area contributed by atoms with Crippen LogP contribution in [-0.4, -0.2) is 20.7 Å². The second kappa shape index (κ2) is 5.88. The fraction of sp³-hybridized carbons (Fsp3) is 0.231. The fourth-order valence-electron chi connectivity index (χ4n) is 1.49. The number of aromatic nitrogens is 2. The summed E-state index contributed by atoms with van der Waals surface area (Å²) in [5, 5.41) is 3.13. The van der Waals surface area contributed by atoms with E-state index in [2.05, 4.69) is 10.3 Å². The van der Waals surface area contributed by atoms with E-state index in [-0.39, 0.29) is 17.0 Å². The molecule has 4 nitrogen and oxygen atoms in total. The Hall–Kier alpha value is -1.82. The first-order valence-corrected chi connectivity index (χ1v) is 6.64. The van der Waals surface area contributed by atoms with Crippen molar-refractivity contribution < 1.29 is 9.18 Å². The molecule has 0 aliphatic carbocycles. The lowest BCUT2D eigenvalue weighted by Gasteiger charge is -2.11. The smallest absolute Gasteiger partial charge is 0.237 e. The predicted molar refractivity (Wildman–Crippen MR) is 73.6 cm³/mol. The van der Waals surface area contributed by atoms with Crippen LogP contribution in [0.3, 0.4) is 0 Å². The molecule has 0 aliphatic heterocycles. The Labute approximate surface area is 115 Å². The Morgan fingerprint density at radius 1 is 1.53 bits per heavy atom. The normalized spacial score (nSPS) is 12.2. The average Bonchev–Trinajstić information content (AvgIpc) is 2.75. The van der Waals surface area contributed by atoms with E-state index in [9.17, 15) is 9.18 Å². The Morgan fingerprint density at radius 3 is 2.95 bits per heavy atom. The first-order chi connectivity index (χ1) is 9.06. The molecule has 6 heteroatoms. The monoisotopic (exact) mass is 279 g/mol. The molecule has 1 aromatic heterocycles. The molecule has 0 saturated heterocycles. The standard InChI is InChI=1S/C13H14FN3OS/c1-9(19-13-15-6-7-17(13)2)12(18)16-11-5-3-4-10(14)8-11/h3-9H,1-2H3,(H,16,18)/t9-/m1/s1. The molecule has 0 spiro atoms. The van der Waals surface area contributed by atoms with Gasteiger partial charge in [-0.25, -0.2) is 9.37 Å². The van der Waals surface area contributed by atoms with Crippen molar-refractivity contribution in [1.82, 2.24) is 9.55 Å². The van der Waals surface area contributed by atoms with Gasteiger partial charge in [0, 0.05) is 25.1 Å². The van der Waals surface area contributed by atoms with Crippen LogP contribution in [0, 0.1) is 5.82 Å². The molecule has 1 aromatic carbocycles. The van der Waals surface area contributed by atoms with Crippen LogP contribution < -0.4 is 5.32 Å². The molecule has 1 heterocycles. The van der Waals surface area contributed by atoms with Gasteiger partial charge in [0.1, 0.15) is 5.82 Å². The molecule has 1 N–H and O–H groups in total. The van der Waals surface area contributed by atoms with Crippen LogP contribution in [0.2, 0.25) is 0 Å². The second-order valence-electron chi connectivity index (χ2n) is 4.08. The molecular formula is C13H14FN3OS. The molecule has 0 unspecified atom stereocenters. The van der Waals surface area contributed by atoms with Crippen molar-refractivity contribution >= 4 is 23.4 Å². The summed E-state index contributed by atoms with van der Waals surface area (Å²) in [6.07, 6.45) is 3.50. The second-order valence-corrected chi connectivity index (χ2v) is 5.39. The minimum Gasteiger partial charge on any atom is -0.329 e. The minimum absolute atomic E-state index is 0.182. The summed E-state index contributed by atoms with van der Waals surface area (Å²) in [4.78, 5) is 16.1. The summed E-state index contributed by atoms with van der Waals surface area (Å²) < 4.78 is 14.9. The quantitative estimate of drug-likeness (QED) is 0.875. The summed E-state index contributed by atoms with van der Waals surface area (Å²) in [6.45, 7) is 1.79. The lowest BCUT2D eigenvalue weighted by Crippen LogP contribution is -2.22. The lowest BCUT2D eigenvalue weighted by atomic mass is 10.3. The number of rotatable bonds is 4. The van der Waals surface area contributed by atoms with Gasteiger partial charge >= 0.3 is 0 Å². The van der Waals surface area contributed by atoms with Crippen molar-refractivity contribution in [3.05, 3.63) is 42.5 Å². The maximum atomic E-state index is 13.0. The van der Waals surface area contributed by atoms with E-state index in [0.29, 0.717) is 5.69 Å². The number of carbonyl (C=O) groups is 1. The van der Waals surface area contributed by atoms with Gasteiger partial charge in [-0.05, 0) is 25.1 Å². The van der Waals surface area contributed by atoms with Crippen LogP contribution in [0.1, 0.15) is 6.92 Å². The van der Waals surface area contributed by atoms with Crippen molar-refractivity contribution in [1.29, 1.82) is 0 Å². The summed E-state index contributed by atoms with van der Waals surface area (Å²) in [7, 11) is 1.87. The van der Waals surface area contributed by atoms with Crippen LogP contribution in [0.4, 0.5) is 10.1 Å². The molecular weight excluding hydrogens is 265 g/mol. The van der Waals surface area contributed by atoms with E-state index in [1.807, 2.05) is 17.8 Å². The largest absolute Gasteiger partial charge is 0.329 e. The Morgan fingerprint density at radius 2 is 2.32 bits per heavy atom. The molecule has 1 atom stereocenters. The SMILES string of the molecule is C[C@@H](Sc1nccn1C)C(=O)Nc1cccc(F)c1. The number of hydrogen-bond acceptors (Lipinski definition) is 3. The first kappa shape index (κ1) is 13.6. The van der Waals surface area contributed by atoms with Crippen molar-refractivity contribution in [3.8, 4) is 0 Å². The van der Waals surface area contributed by atoms with E-state index in [4.69, 9.17) is 0 Å².